The number of aryl methyl sites for hydroxylation is 1. The minimum atomic E-state index is -0.984. The van der Waals surface area contributed by atoms with Crippen LogP contribution in [0.25, 0.3) is 0 Å². The first-order valence-corrected chi connectivity index (χ1v) is 13.8. The number of ether oxygens (including phenoxy) is 1. The number of aliphatic hydroxyl groups excluding tert-OH is 1. The lowest BCUT2D eigenvalue weighted by Crippen LogP contribution is -2.55. The van der Waals surface area contributed by atoms with Crippen molar-refractivity contribution < 1.29 is 23.8 Å². The Morgan fingerprint density at radius 3 is 2.79 bits per heavy atom. The Morgan fingerprint density at radius 1 is 1.24 bits per heavy atom. The first kappa shape index (κ1) is 29.9. The SMILES string of the molecule is CCc1cncc(CNC[C@@H](O)[C@@H]2Cc3cc(F)cc(c3)OCCCCC(=O)N(C)C(CCS)C(=O)N2)c1. The molecule has 3 rings (SSSR count). The van der Waals surface area contributed by atoms with Crippen molar-refractivity contribution in [2.24, 2.45) is 0 Å². The van der Waals surface area contributed by atoms with Gasteiger partial charge >= 0.3 is 0 Å². The van der Waals surface area contributed by atoms with Crippen molar-refractivity contribution in [3.05, 3.63) is 59.2 Å². The summed E-state index contributed by atoms with van der Waals surface area (Å²) in [5.41, 5.74) is 2.70. The van der Waals surface area contributed by atoms with E-state index in [1.165, 1.54) is 17.0 Å². The Morgan fingerprint density at radius 2 is 2.03 bits per heavy atom. The third-order valence-corrected chi connectivity index (χ3v) is 7.00. The Bertz CT molecular complexity index is 1070. The van der Waals surface area contributed by atoms with E-state index < -0.39 is 24.0 Å². The fraction of sp³-hybridized carbons (Fsp3) is 0.536. The predicted octanol–water partition coefficient (Wildman–Crippen LogP) is 2.67. The van der Waals surface area contributed by atoms with Crippen LogP contribution < -0.4 is 15.4 Å². The van der Waals surface area contributed by atoms with Gasteiger partial charge in [0.15, 0.2) is 0 Å². The second-order valence-electron chi connectivity index (χ2n) is 9.71. The molecule has 1 aliphatic rings. The van der Waals surface area contributed by atoms with Gasteiger partial charge in [0.1, 0.15) is 17.6 Å². The summed E-state index contributed by atoms with van der Waals surface area (Å²) >= 11 is 4.29. The number of fused-ring (bicyclic) bond motifs is 2. The van der Waals surface area contributed by atoms with Crippen LogP contribution in [0.5, 0.6) is 5.75 Å². The van der Waals surface area contributed by atoms with E-state index in [0.29, 0.717) is 49.5 Å². The van der Waals surface area contributed by atoms with E-state index in [4.69, 9.17) is 4.74 Å². The van der Waals surface area contributed by atoms with Gasteiger partial charge in [-0.3, -0.25) is 14.6 Å². The summed E-state index contributed by atoms with van der Waals surface area (Å²) in [6.45, 7) is 3.09. The lowest BCUT2D eigenvalue weighted by molar-refractivity contribution is -0.139. The number of aromatic nitrogens is 1. The van der Waals surface area contributed by atoms with Gasteiger partial charge in [-0.15, -0.1) is 0 Å². The minimum Gasteiger partial charge on any atom is -0.493 e. The van der Waals surface area contributed by atoms with Crippen molar-refractivity contribution in [3.8, 4) is 5.75 Å². The van der Waals surface area contributed by atoms with Crippen molar-refractivity contribution in [2.45, 2.75) is 70.2 Å². The van der Waals surface area contributed by atoms with Crippen LogP contribution in [0, 0.1) is 5.82 Å². The van der Waals surface area contributed by atoms with E-state index in [-0.39, 0.29) is 31.2 Å². The molecule has 2 aromatic rings. The number of amides is 2. The Balaban J connectivity index is 1.81. The van der Waals surface area contributed by atoms with Crippen LogP contribution in [-0.4, -0.2) is 70.9 Å². The van der Waals surface area contributed by atoms with Crippen molar-refractivity contribution >= 4 is 24.4 Å². The maximum atomic E-state index is 14.4. The lowest BCUT2D eigenvalue weighted by Gasteiger charge is -2.31. The Labute approximate surface area is 229 Å². The van der Waals surface area contributed by atoms with Gasteiger partial charge in [0.2, 0.25) is 11.8 Å². The van der Waals surface area contributed by atoms with Crippen molar-refractivity contribution in [1.82, 2.24) is 20.5 Å². The number of hydrogen-bond donors (Lipinski definition) is 4. The molecule has 0 spiro atoms. The fourth-order valence-electron chi connectivity index (χ4n) is 4.52. The largest absolute Gasteiger partial charge is 0.493 e. The number of benzene rings is 1. The summed E-state index contributed by atoms with van der Waals surface area (Å²) in [5.74, 6) is -0.175. The highest BCUT2D eigenvalue weighted by atomic mass is 32.1. The molecule has 3 atom stereocenters. The molecule has 2 amide bonds. The number of hydrogen-bond acceptors (Lipinski definition) is 7. The molecule has 1 aromatic heterocycles. The third-order valence-electron chi connectivity index (χ3n) is 6.74. The number of halogens is 1. The highest BCUT2D eigenvalue weighted by Crippen LogP contribution is 2.20. The molecule has 1 unspecified atom stereocenters. The van der Waals surface area contributed by atoms with Crippen molar-refractivity contribution in [3.63, 3.8) is 0 Å². The number of pyridine rings is 1. The molecule has 8 nitrogen and oxygen atoms in total. The first-order valence-electron chi connectivity index (χ1n) is 13.2. The molecule has 1 aliphatic heterocycles. The van der Waals surface area contributed by atoms with Gasteiger partial charge in [0.05, 0.1) is 18.8 Å². The van der Waals surface area contributed by atoms with E-state index >= 15 is 0 Å². The van der Waals surface area contributed by atoms with Gasteiger partial charge in [-0.25, -0.2) is 4.39 Å². The monoisotopic (exact) mass is 546 g/mol. The van der Waals surface area contributed by atoms with E-state index in [1.54, 1.807) is 19.3 Å². The van der Waals surface area contributed by atoms with E-state index in [1.807, 2.05) is 6.20 Å². The number of likely N-dealkylation sites (N-methyl/N-ethyl adjacent to an activating group) is 1. The number of aliphatic hydroxyl groups is 1. The summed E-state index contributed by atoms with van der Waals surface area (Å²) in [4.78, 5) is 31.9. The summed E-state index contributed by atoms with van der Waals surface area (Å²) in [7, 11) is 1.62. The zero-order valence-corrected chi connectivity index (χ0v) is 23.1. The third kappa shape index (κ3) is 8.96. The van der Waals surface area contributed by atoms with Gasteiger partial charge < -0.3 is 25.4 Å². The Kier molecular flexibility index (Phi) is 11.8. The number of thiol groups is 1. The fourth-order valence-corrected chi connectivity index (χ4v) is 4.76. The molecular weight excluding hydrogens is 507 g/mol. The average Bonchev–Trinajstić information content (AvgIpc) is 2.90. The lowest BCUT2D eigenvalue weighted by atomic mass is 9.99. The van der Waals surface area contributed by atoms with Crippen LogP contribution in [0.4, 0.5) is 4.39 Å². The number of nitrogens with zero attached hydrogens (tertiary/aromatic N) is 2. The zero-order chi connectivity index (χ0) is 27.5. The van der Waals surface area contributed by atoms with Crippen molar-refractivity contribution in [2.75, 3.05) is 26.0 Å². The minimum absolute atomic E-state index is 0.143. The van der Waals surface area contributed by atoms with Crippen LogP contribution in [0.2, 0.25) is 0 Å². The smallest absolute Gasteiger partial charge is 0.243 e. The molecule has 0 saturated carbocycles. The van der Waals surface area contributed by atoms with E-state index in [2.05, 4.69) is 41.2 Å². The molecule has 2 heterocycles. The Hall–Kier alpha value is -2.69. The van der Waals surface area contributed by atoms with Gasteiger partial charge in [-0.05, 0) is 66.7 Å². The maximum absolute atomic E-state index is 14.4. The van der Waals surface area contributed by atoms with E-state index in [9.17, 15) is 19.1 Å². The highest BCUT2D eigenvalue weighted by molar-refractivity contribution is 7.80. The molecular formula is C28H39FN4O4S. The molecule has 0 aliphatic carbocycles. The van der Waals surface area contributed by atoms with Crippen LogP contribution in [0.3, 0.4) is 0 Å². The second-order valence-corrected chi connectivity index (χ2v) is 10.2. The summed E-state index contributed by atoms with van der Waals surface area (Å²) in [5, 5.41) is 17.3. The summed E-state index contributed by atoms with van der Waals surface area (Å²) in [6.07, 6.45) is 5.52. The second kappa shape index (κ2) is 15.0. The highest BCUT2D eigenvalue weighted by Gasteiger charge is 2.30. The molecule has 208 valence electrons. The van der Waals surface area contributed by atoms with Crippen LogP contribution >= 0.6 is 12.6 Å². The molecule has 10 heteroatoms. The molecule has 3 N–H and O–H groups in total. The number of carbonyl (C=O) groups is 2. The van der Waals surface area contributed by atoms with Crippen molar-refractivity contribution in [1.29, 1.82) is 0 Å². The molecule has 2 bridgehead atoms. The summed E-state index contributed by atoms with van der Waals surface area (Å²) in [6, 6.07) is 5.02. The normalized spacial score (nSPS) is 20.2. The zero-order valence-electron chi connectivity index (χ0n) is 22.2. The van der Waals surface area contributed by atoms with Gasteiger partial charge in [-0.2, -0.15) is 12.6 Å². The predicted molar refractivity (Wildman–Crippen MR) is 148 cm³/mol. The number of rotatable bonds is 8. The molecule has 0 fully saturated rings. The maximum Gasteiger partial charge on any atom is 0.243 e. The number of nitrogens with one attached hydrogen (secondary N) is 2. The van der Waals surface area contributed by atoms with Crippen LogP contribution in [0.15, 0.2) is 36.7 Å². The number of carbonyl (C=O) groups excluding carboxylic acids is 2. The molecule has 0 radical (unpaired) electrons. The summed E-state index contributed by atoms with van der Waals surface area (Å²) < 4.78 is 20.1. The topological polar surface area (TPSA) is 104 Å². The van der Waals surface area contributed by atoms with Gasteiger partial charge in [0.25, 0.3) is 0 Å². The first-order chi connectivity index (χ1) is 18.3. The molecule has 1 aromatic carbocycles. The molecule has 38 heavy (non-hydrogen) atoms. The van der Waals surface area contributed by atoms with Crippen LogP contribution in [0.1, 0.15) is 49.3 Å². The standard InChI is InChI=1S/C28H39FN4O4S/c1-3-19-10-21(16-30-15-19)17-31-18-26(34)24-13-20-11-22(29)14-23(12-20)37-8-5-4-6-27(35)33(2)25(7-9-38)28(36)32-24/h10-12,14-16,24-26,31,34,38H,3-9,13,17-18H2,1-2H3,(H,32,36)/t24-,25?,26+/m0/s1. The van der Waals surface area contributed by atoms with E-state index in [0.717, 1.165) is 17.5 Å². The average molecular weight is 547 g/mol. The van der Waals surface area contributed by atoms with Gasteiger partial charge in [-0.1, -0.05) is 13.0 Å². The quantitative estimate of drug-likeness (QED) is 0.380. The van der Waals surface area contributed by atoms with Crippen LogP contribution in [-0.2, 0) is 29.0 Å². The molecule has 0 saturated heterocycles. The van der Waals surface area contributed by atoms with Gasteiger partial charge in [0, 0.05) is 45.0 Å².